The Bertz CT molecular complexity index is 1400. The summed E-state index contributed by atoms with van der Waals surface area (Å²) in [7, 11) is 1.67. The highest BCUT2D eigenvalue weighted by atomic mass is 16.5. The van der Waals surface area contributed by atoms with Gasteiger partial charge in [-0.2, -0.15) is 15.3 Å². The lowest BCUT2D eigenvalue weighted by Crippen LogP contribution is -2.36. The number of H-pyrrole nitrogens is 1. The number of carbonyl (C=O) groups is 1. The van der Waals surface area contributed by atoms with Gasteiger partial charge in [0.15, 0.2) is 0 Å². The van der Waals surface area contributed by atoms with Gasteiger partial charge >= 0.3 is 0 Å². The van der Waals surface area contributed by atoms with Crippen molar-refractivity contribution in [2.24, 2.45) is 16.1 Å². The van der Waals surface area contributed by atoms with Gasteiger partial charge in [0.25, 0.3) is 5.91 Å². The number of aliphatic hydroxyl groups is 1. The lowest BCUT2D eigenvalue weighted by atomic mass is 9.99. The number of rotatable bonds is 7. The summed E-state index contributed by atoms with van der Waals surface area (Å²) in [6.45, 7) is 4.58. The molecule has 0 bridgehead atoms. The first kappa shape index (κ1) is 24.8. The zero-order valence-electron chi connectivity index (χ0n) is 21.4. The summed E-state index contributed by atoms with van der Waals surface area (Å²) >= 11 is 0. The minimum absolute atomic E-state index is 0.115. The number of carbonyl (C=O) groups excluding carboxylic acids is 1. The molecule has 5 rings (SSSR count). The van der Waals surface area contributed by atoms with Crippen LogP contribution in [0.3, 0.4) is 0 Å². The van der Waals surface area contributed by atoms with E-state index < -0.39 is 6.10 Å². The van der Waals surface area contributed by atoms with E-state index in [9.17, 15) is 9.90 Å². The van der Waals surface area contributed by atoms with E-state index in [-0.39, 0.29) is 11.8 Å². The van der Waals surface area contributed by atoms with Gasteiger partial charge in [0.05, 0.1) is 18.8 Å². The number of aliphatic hydroxyl groups excluding tert-OH is 1. The van der Waals surface area contributed by atoms with Gasteiger partial charge in [0.1, 0.15) is 28.8 Å². The fraction of sp³-hybridized carbons (Fsp3) is 0.393. The molecular weight excluding hydrogens is 468 g/mol. The Balaban J connectivity index is 1.39. The van der Waals surface area contributed by atoms with Crippen molar-refractivity contribution in [3.8, 4) is 17.0 Å². The highest BCUT2D eigenvalue weighted by Gasteiger charge is 2.27. The minimum atomic E-state index is -0.980. The van der Waals surface area contributed by atoms with Crippen LogP contribution in [-0.2, 0) is 17.6 Å². The number of pyridine rings is 1. The van der Waals surface area contributed by atoms with E-state index in [1.165, 1.54) is 18.1 Å². The molecule has 9 nitrogen and oxygen atoms in total. The fourth-order valence-electron chi connectivity index (χ4n) is 5.20. The first-order valence-electron chi connectivity index (χ1n) is 12.7. The molecule has 192 valence electrons. The summed E-state index contributed by atoms with van der Waals surface area (Å²) in [5, 5.41) is 25.6. The minimum Gasteiger partial charge on any atom is -0.494 e. The predicted molar refractivity (Wildman–Crippen MR) is 145 cm³/mol. The number of nitrogens with one attached hydrogen (secondary N) is 1. The zero-order chi connectivity index (χ0) is 25.9. The van der Waals surface area contributed by atoms with E-state index in [1.807, 2.05) is 19.1 Å². The summed E-state index contributed by atoms with van der Waals surface area (Å²) < 4.78 is 5.72. The summed E-state index contributed by atoms with van der Waals surface area (Å²) in [5.74, 6) is 0.581. The number of aromatic amines is 1. The zero-order valence-corrected chi connectivity index (χ0v) is 21.4. The van der Waals surface area contributed by atoms with Crippen molar-refractivity contribution in [1.82, 2.24) is 20.1 Å². The number of amides is 1. The topological polar surface area (TPSA) is 116 Å². The molecule has 1 unspecified atom stereocenters. The average molecular weight is 501 g/mol. The molecule has 2 aromatic heterocycles. The predicted octanol–water partition coefficient (Wildman–Crippen LogP) is 3.81. The van der Waals surface area contributed by atoms with Crippen LogP contribution in [0.2, 0.25) is 0 Å². The highest BCUT2D eigenvalue weighted by Crippen LogP contribution is 2.38. The Morgan fingerprint density at radius 3 is 2.97 bits per heavy atom. The van der Waals surface area contributed by atoms with E-state index in [0.717, 1.165) is 53.5 Å². The van der Waals surface area contributed by atoms with Crippen LogP contribution >= 0.6 is 0 Å². The van der Waals surface area contributed by atoms with Crippen LogP contribution in [0.4, 0.5) is 0 Å². The number of aryl methyl sites for hydroxylation is 1. The van der Waals surface area contributed by atoms with Crippen molar-refractivity contribution in [3.05, 3.63) is 47.2 Å². The van der Waals surface area contributed by atoms with Gasteiger partial charge in [0, 0.05) is 42.4 Å². The molecule has 1 aliphatic carbocycles. The van der Waals surface area contributed by atoms with Crippen molar-refractivity contribution in [3.63, 3.8) is 0 Å². The SMILES string of the molecule is C\C=C(/C=N\N=C\C1CCN(C(=O)[C@@H](C)O)C1)c1n[nH]c2cc(OC)c(-c3cccc4c3CCC4)nc12. The van der Waals surface area contributed by atoms with Gasteiger partial charge in [-0.3, -0.25) is 9.89 Å². The Morgan fingerprint density at radius 1 is 1.32 bits per heavy atom. The molecule has 0 saturated carbocycles. The molecular formula is C28H32N6O3. The molecule has 2 aliphatic rings. The summed E-state index contributed by atoms with van der Waals surface area (Å²) in [6, 6.07) is 8.36. The Labute approximate surface area is 216 Å². The first-order chi connectivity index (χ1) is 18.0. The van der Waals surface area contributed by atoms with Crippen LogP contribution in [0.25, 0.3) is 27.9 Å². The number of nitrogens with zero attached hydrogens (tertiary/aromatic N) is 5. The molecule has 3 heterocycles. The summed E-state index contributed by atoms with van der Waals surface area (Å²) in [5.41, 5.74) is 7.69. The number of fused-ring (bicyclic) bond motifs is 2. The number of hydrogen-bond donors (Lipinski definition) is 2. The van der Waals surface area contributed by atoms with Crippen LogP contribution in [0.1, 0.15) is 43.5 Å². The molecule has 1 aromatic carbocycles. The van der Waals surface area contributed by atoms with Crippen LogP contribution in [-0.4, -0.2) is 69.8 Å². The second-order valence-electron chi connectivity index (χ2n) is 9.57. The first-order valence-corrected chi connectivity index (χ1v) is 12.7. The monoisotopic (exact) mass is 500 g/mol. The van der Waals surface area contributed by atoms with Crippen LogP contribution in [0, 0.1) is 5.92 Å². The maximum absolute atomic E-state index is 12.0. The Kier molecular flexibility index (Phi) is 7.14. The van der Waals surface area contributed by atoms with Crippen molar-refractivity contribution < 1.29 is 14.6 Å². The van der Waals surface area contributed by atoms with E-state index >= 15 is 0 Å². The Morgan fingerprint density at radius 2 is 2.19 bits per heavy atom. The molecule has 1 amide bonds. The van der Waals surface area contributed by atoms with E-state index in [2.05, 4.69) is 38.6 Å². The van der Waals surface area contributed by atoms with Gasteiger partial charge in [-0.25, -0.2) is 4.98 Å². The third-order valence-corrected chi connectivity index (χ3v) is 7.14. The Hall–Kier alpha value is -3.85. The van der Waals surface area contributed by atoms with Gasteiger partial charge in [-0.15, -0.1) is 0 Å². The molecule has 0 spiro atoms. The summed E-state index contributed by atoms with van der Waals surface area (Å²) in [4.78, 5) is 18.7. The number of methoxy groups -OCH3 is 1. The lowest BCUT2D eigenvalue weighted by Gasteiger charge is -2.17. The van der Waals surface area contributed by atoms with Crippen LogP contribution in [0.15, 0.2) is 40.5 Å². The van der Waals surface area contributed by atoms with Gasteiger partial charge in [-0.05, 0) is 50.7 Å². The highest BCUT2D eigenvalue weighted by molar-refractivity contribution is 6.13. The molecule has 1 saturated heterocycles. The molecule has 0 radical (unpaired) electrons. The maximum Gasteiger partial charge on any atom is 0.251 e. The maximum atomic E-state index is 12.0. The van der Waals surface area contributed by atoms with Crippen molar-refractivity contribution in [2.45, 2.75) is 45.6 Å². The molecule has 1 aliphatic heterocycles. The standard InChI is InChI=1S/C28H32N6O3/c1-4-19(15-30-29-14-18-11-12-34(16-18)28(36)17(2)35)25-27-23(32-33-25)13-24(37-3)26(31-27)22-10-6-8-20-7-5-9-21(20)22/h4,6,8,10,13-15,17-18,35H,5,7,9,11-12,16H2,1-3H3,(H,32,33)/b19-4+,29-14+,30-15-/t17-,18?/m1/s1. The van der Waals surface area contributed by atoms with E-state index in [1.54, 1.807) is 24.4 Å². The number of ether oxygens (including phenoxy) is 1. The summed E-state index contributed by atoms with van der Waals surface area (Å²) in [6.07, 6.45) is 8.48. The third-order valence-electron chi connectivity index (χ3n) is 7.14. The fourth-order valence-corrected chi connectivity index (χ4v) is 5.20. The second kappa shape index (κ2) is 10.6. The molecule has 3 aromatic rings. The molecule has 1 fully saturated rings. The van der Waals surface area contributed by atoms with Crippen molar-refractivity contribution in [1.29, 1.82) is 0 Å². The van der Waals surface area contributed by atoms with E-state index in [0.29, 0.717) is 24.5 Å². The number of likely N-dealkylation sites (tertiary alicyclic amines) is 1. The number of aromatic nitrogens is 3. The number of benzene rings is 1. The molecule has 2 atom stereocenters. The van der Waals surface area contributed by atoms with E-state index in [4.69, 9.17) is 9.72 Å². The average Bonchev–Trinajstić information content (AvgIpc) is 3.67. The second-order valence-corrected chi connectivity index (χ2v) is 9.57. The van der Waals surface area contributed by atoms with Gasteiger partial charge in [0.2, 0.25) is 0 Å². The molecule has 2 N–H and O–H groups in total. The van der Waals surface area contributed by atoms with Crippen molar-refractivity contribution >= 4 is 34.9 Å². The quantitative estimate of drug-likeness (QED) is 0.378. The normalized spacial score (nSPS) is 18.9. The lowest BCUT2D eigenvalue weighted by molar-refractivity contribution is -0.138. The molecule has 9 heteroatoms. The van der Waals surface area contributed by atoms with Crippen molar-refractivity contribution in [2.75, 3.05) is 20.2 Å². The van der Waals surface area contributed by atoms with Crippen LogP contribution < -0.4 is 4.74 Å². The van der Waals surface area contributed by atoms with Crippen LogP contribution in [0.5, 0.6) is 5.75 Å². The van der Waals surface area contributed by atoms with Gasteiger partial charge < -0.3 is 14.7 Å². The number of allylic oxidation sites excluding steroid dienone is 2. The molecule has 37 heavy (non-hydrogen) atoms. The smallest absolute Gasteiger partial charge is 0.251 e. The van der Waals surface area contributed by atoms with Gasteiger partial charge in [-0.1, -0.05) is 24.3 Å². The third kappa shape index (κ3) is 4.91. The number of hydrogen-bond acceptors (Lipinski definition) is 7. The largest absolute Gasteiger partial charge is 0.494 e.